The van der Waals surface area contributed by atoms with Crippen LogP contribution in [0.15, 0.2) is 12.2 Å². The lowest BCUT2D eigenvalue weighted by Gasteiger charge is -2.70. The minimum Gasteiger partial charge on any atom is -0.481 e. The van der Waals surface area contributed by atoms with E-state index in [-0.39, 0.29) is 28.3 Å². The lowest BCUT2D eigenvalue weighted by Crippen LogP contribution is -2.66. The molecule has 5 saturated carbocycles. The van der Waals surface area contributed by atoms with E-state index >= 15 is 0 Å². The summed E-state index contributed by atoms with van der Waals surface area (Å²) < 4.78 is 12.2. The molecular weight excluding hydrogens is 560 g/mol. The van der Waals surface area contributed by atoms with Crippen LogP contribution in [0.25, 0.3) is 0 Å². The topological polar surface area (TPSA) is 137 Å². The third kappa shape index (κ3) is 4.47. The third-order valence-corrected chi connectivity index (χ3v) is 15.0. The van der Waals surface area contributed by atoms with Crippen LogP contribution < -0.4 is 0 Å². The maximum atomic E-state index is 13.0. The molecule has 0 unspecified atom stereocenters. The van der Waals surface area contributed by atoms with E-state index in [9.17, 15) is 30.3 Å². The molecule has 0 aromatic heterocycles. The zero-order valence-corrected chi connectivity index (χ0v) is 27.7. The highest BCUT2D eigenvalue weighted by Gasteiger charge is 2.70. The van der Waals surface area contributed by atoms with Crippen LogP contribution >= 0.6 is 0 Å². The molecule has 16 atom stereocenters. The summed E-state index contributed by atoms with van der Waals surface area (Å²) >= 11 is 0. The molecule has 0 radical (unpaired) electrons. The summed E-state index contributed by atoms with van der Waals surface area (Å²) in [6.45, 7) is 18.0. The molecule has 6 rings (SSSR count). The van der Waals surface area contributed by atoms with Crippen LogP contribution in [-0.2, 0) is 14.3 Å². The zero-order valence-electron chi connectivity index (χ0n) is 27.7. The molecule has 1 saturated heterocycles. The molecule has 0 aromatic carbocycles. The normalized spacial score (nSPS) is 54.8. The molecule has 5 N–H and O–H groups in total. The Bertz CT molecular complexity index is 1140. The van der Waals surface area contributed by atoms with Crippen LogP contribution in [-0.4, -0.2) is 74.9 Å². The number of aliphatic hydroxyl groups is 4. The van der Waals surface area contributed by atoms with Gasteiger partial charge in [0.2, 0.25) is 0 Å². The average molecular weight is 619 g/mol. The molecular formula is C36H58O8. The number of carboxylic acids is 1. The van der Waals surface area contributed by atoms with E-state index in [0.717, 1.165) is 63.4 Å². The molecule has 8 nitrogen and oxygen atoms in total. The van der Waals surface area contributed by atoms with Crippen molar-refractivity contribution in [3.63, 3.8) is 0 Å². The number of fused-ring (bicyclic) bond motifs is 7. The molecule has 0 bridgehead atoms. The molecule has 250 valence electrons. The van der Waals surface area contributed by atoms with Crippen LogP contribution in [0.2, 0.25) is 0 Å². The Hall–Kier alpha value is -1.03. The fraction of sp³-hybridized carbons (Fsp3) is 0.917. The van der Waals surface area contributed by atoms with Crippen LogP contribution in [0.4, 0.5) is 0 Å². The minimum absolute atomic E-state index is 0.0984. The van der Waals surface area contributed by atoms with Gasteiger partial charge in [0.1, 0.15) is 24.4 Å². The van der Waals surface area contributed by atoms with Crippen LogP contribution in [0.5, 0.6) is 0 Å². The lowest BCUT2D eigenvalue weighted by atomic mass is 9.35. The predicted octanol–water partition coefficient (Wildman–Crippen LogP) is 4.77. The minimum atomic E-state index is -1.45. The van der Waals surface area contributed by atoms with E-state index in [0.29, 0.717) is 35.5 Å². The SMILES string of the molecule is C=C(C)[C@@H]1CC[C@]2(C(=O)O)C[C@H](C)[C@@H]3[C@@H](CC[C@@H]4[C@@]3(C)CC[C@@H]3C(C)(C)[C@H](O[C@H]5O[C@H](CO)[C@@H](O)[C@H](O)[C@H]5O)CC[C@]43C)[C@H]12. The van der Waals surface area contributed by atoms with E-state index in [2.05, 4.69) is 48.1 Å². The van der Waals surface area contributed by atoms with Gasteiger partial charge in [0, 0.05) is 0 Å². The van der Waals surface area contributed by atoms with Gasteiger partial charge in [-0.1, -0.05) is 46.8 Å². The second-order valence-corrected chi connectivity index (χ2v) is 17.3. The fourth-order valence-corrected chi connectivity index (χ4v) is 13.4. The maximum Gasteiger partial charge on any atom is 0.309 e. The van der Waals surface area contributed by atoms with Crippen molar-refractivity contribution in [2.45, 2.75) is 136 Å². The lowest BCUT2D eigenvalue weighted by molar-refractivity contribution is -0.330. The van der Waals surface area contributed by atoms with Crippen molar-refractivity contribution in [3.05, 3.63) is 12.2 Å². The van der Waals surface area contributed by atoms with Gasteiger partial charge >= 0.3 is 5.97 Å². The van der Waals surface area contributed by atoms with Gasteiger partial charge in [-0.2, -0.15) is 0 Å². The van der Waals surface area contributed by atoms with Crippen LogP contribution in [0.3, 0.4) is 0 Å². The Morgan fingerprint density at radius 1 is 0.886 bits per heavy atom. The maximum absolute atomic E-state index is 13.0. The molecule has 44 heavy (non-hydrogen) atoms. The number of carbonyl (C=O) groups is 1. The van der Waals surface area contributed by atoms with Crippen molar-refractivity contribution < 1.29 is 39.8 Å². The van der Waals surface area contributed by atoms with E-state index < -0.39 is 48.7 Å². The Kier molecular flexibility index (Phi) is 8.24. The van der Waals surface area contributed by atoms with Crippen molar-refractivity contribution >= 4 is 5.97 Å². The van der Waals surface area contributed by atoms with Crippen molar-refractivity contribution in [2.75, 3.05) is 6.61 Å². The smallest absolute Gasteiger partial charge is 0.309 e. The second-order valence-electron chi connectivity index (χ2n) is 17.3. The first-order valence-corrected chi connectivity index (χ1v) is 17.4. The van der Waals surface area contributed by atoms with E-state index in [1.807, 2.05) is 0 Å². The number of aliphatic carboxylic acids is 1. The summed E-state index contributed by atoms with van der Waals surface area (Å²) in [5.74, 6) is 2.10. The van der Waals surface area contributed by atoms with Crippen molar-refractivity contribution in [1.29, 1.82) is 0 Å². The standard InChI is InChI=1S/C36H58O8/c1-18(2)20-10-15-36(32(41)42)16-19(3)26-21(27(20)36)8-9-24-34(6)14-12-25(33(4,5)23(34)11-13-35(24,26)7)44-31-30(40)29(39)28(38)22(17-37)43-31/h19-31,37-40H,1,8-17H2,2-7H3,(H,41,42)/t19-,20-,21+,22+,23+,24-,25+,26+,27-,28+,29-,30+,31+,34-,35+,36-/m0/s1. The van der Waals surface area contributed by atoms with E-state index in [4.69, 9.17) is 9.47 Å². The van der Waals surface area contributed by atoms with Gasteiger partial charge in [0.15, 0.2) is 6.29 Å². The quantitative estimate of drug-likeness (QED) is 0.220. The van der Waals surface area contributed by atoms with Gasteiger partial charge in [-0.25, -0.2) is 0 Å². The Morgan fingerprint density at radius 3 is 2.20 bits per heavy atom. The first-order chi connectivity index (χ1) is 20.5. The first kappa shape index (κ1) is 32.9. The fourth-order valence-electron chi connectivity index (χ4n) is 13.4. The van der Waals surface area contributed by atoms with E-state index in [1.54, 1.807) is 0 Å². The Balaban J connectivity index is 1.26. The van der Waals surface area contributed by atoms with Crippen molar-refractivity contribution in [3.8, 4) is 0 Å². The molecule has 0 spiro atoms. The molecule has 5 aliphatic carbocycles. The Labute approximate surface area is 263 Å². The first-order valence-electron chi connectivity index (χ1n) is 17.4. The highest BCUT2D eigenvalue weighted by Crippen LogP contribution is 2.74. The van der Waals surface area contributed by atoms with Crippen LogP contribution in [0.1, 0.15) is 99.3 Å². The van der Waals surface area contributed by atoms with Crippen molar-refractivity contribution in [2.24, 2.45) is 63.1 Å². The molecule has 1 heterocycles. The molecule has 8 heteroatoms. The largest absolute Gasteiger partial charge is 0.481 e. The summed E-state index contributed by atoms with van der Waals surface area (Å²) in [7, 11) is 0. The summed E-state index contributed by atoms with van der Waals surface area (Å²) in [5.41, 5.74) is 0.560. The van der Waals surface area contributed by atoms with Gasteiger partial charge < -0.3 is 35.0 Å². The van der Waals surface area contributed by atoms with Crippen molar-refractivity contribution in [1.82, 2.24) is 0 Å². The number of allylic oxidation sites excluding steroid dienone is 1. The summed E-state index contributed by atoms with van der Waals surface area (Å²) in [6.07, 6.45) is 2.15. The number of aliphatic hydroxyl groups excluding tert-OH is 4. The highest BCUT2D eigenvalue weighted by atomic mass is 16.7. The van der Waals surface area contributed by atoms with Gasteiger partial charge in [-0.05, 0) is 122 Å². The molecule has 1 aliphatic heterocycles. The predicted molar refractivity (Wildman–Crippen MR) is 165 cm³/mol. The monoisotopic (exact) mass is 618 g/mol. The Morgan fingerprint density at radius 2 is 1.57 bits per heavy atom. The van der Waals surface area contributed by atoms with Gasteiger partial charge in [0.25, 0.3) is 0 Å². The summed E-state index contributed by atoms with van der Waals surface area (Å²) in [6, 6.07) is 0. The third-order valence-electron chi connectivity index (χ3n) is 15.0. The van der Waals surface area contributed by atoms with E-state index in [1.165, 1.54) is 0 Å². The number of carboxylic acid groups (broad SMARTS) is 1. The molecule has 0 amide bonds. The summed E-state index contributed by atoms with van der Waals surface area (Å²) in [4.78, 5) is 13.0. The zero-order chi connectivity index (χ0) is 32.1. The summed E-state index contributed by atoms with van der Waals surface area (Å²) in [5, 5.41) is 51.7. The van der Waals surface area contributed by atoms with Gasteiger partial charge in [0.05, 0.1) is 18.1 Å². The number of ether oxygens (including phenoxy) is 2. The highest BCUT2D eigenvalue weighted by molar-refractivity contribution is 5.76. The number of hydrogen-bond donors (Lipinski definition) is 5. The number of rotatable bonds is 5. The van der Waals surface area contributed by atoms with Gasteiger partial charge in [-0.3, -0.25) is 4.79 Å². The second kappa shape index (κ2) is 11.0. The molecule has 6 fully saturated rings. The number of hydrogen-bond acceptors (Lipinski definition) is 7. The molecule has 0 aromatic rings. The average Bonchev–Trinajstić information content (AvgIpc) is 3.35. The molecule has 6 aliphatic rings. The van der Waals surface area contributed by atoms with Gasteiger partial charge in [-0.15, -0.1) is 0 Å². The van der Waals surface area contributed by atoms with Crippen LogP contribution in [0, 0.1) is 63.1 Å².